The largest absolute Gasteiger partial charge is 0.455 e. The fraction of sp³-hybridized carbons (Fsp3) is 0.238. The summed E-state index contributed by atoms with van der Waals surface area (Å²) in [6.07, 6.45) is -0.121. The number of hydrogen-bond acceptors (Lipinski definition) is 5. The minimum absolute atomic E-state index is 0.121. The van der Waals surface area contributed by atoms with Crippen molar-refractivity contribution < 1.29 is 14.3 Å². The van der Waals surface area contributed by atoms with Gasteiger partial charge in [0.2, 0.25) is 0 Å². The molecule has 0 saturated carbocycles. The van der Waals surface area contributed by atoms with Crippen molar-refractivity contribution in [3.8, 4) is 0 Å². The molecular formula is C21H21N3O4. The molecule has 0 aliphatic heterocycles. The van der Waals surface area contributed by atoms with E-state index < -0.39 is 5.97 Å². The van der Waals surface area contributed by atoms with Gasteiger partial charge in [-0.1, -0.05) is 48.5 Å². The van der Waals surface area contributed by atoms with Crippen LogP contribution in [0.5, 0.6) is 0 Å². The van der Waals surface area contributed by atoms with Gasteiger partial charge in [-0.05, 0) is 11.6 Å². The molecule has 3 rings (SSSR count). The lowest BCUT2D eigenvalue weighted by molar-refractivity contribution is -0.151. The third kappa shape index (κ3) is 4.43. The van der Waals surface area contributed by atoms with Crippen LogP contribution in [0.15, 0.2) is 59.4 Å². The van der Waals surface area contributed by atoms with Gasteiger partial charge in [0.1, 0.15) is 0 Å². The van der Waals surface area contributed by atoms with Crippen LogP contribution in [-0.2, 0) is 34.3 Å². The van der Waals surface area contributed by atoms with Gasteiger partial charge < -0.3 is 9.64 Å². The molecule has 3 aromatic rings. The van der Waals surface area contributed by atoms with E-state index in [-0.39, 0.29) is 24.5 Å². The average Bonchev–Trinajstić information content (AvgIpc) is 2.70. The lowest BCUT2D eigenvalue weighted by atomic mass is 10.1. The van der Waals surface area contributed by atoms with Gasteiger partial charge in [-0.15, -0.1) is 0 Å². The molecule has 0 unspecified atom stereocenters. The number of aryl methyl sites for hydroxylation is 1. The summed E-state index contributed by atoms with van der Waals surface area (Å²) in [5, 5.41) is 5.26. The summed E-state index contributed by atoms with van der Waals surface area (Å²) in [6, 6.07) is 16.5. The van der Waals surface area contributed by atoms with E-state index in [0.717, 1.165) is 5.56 Å². The molecule has 7 heteroatoms. The lowest BCUT2D eigenvalue weighted by Gasteiger charge is -2.17. The molecule has 2 aromatic carbocycles. The van der Waals surface area contributed by atoms with Crippen LogP contribution in [0.1, 0.15) is 11.3 Å². The third-order valence-corrected chi connectivity index (χ3v) is 4.39. The SMILES string of the molecule is CN(Cc1ccccc1)C(=O)COC(=O)Cc1nn(C)c(=O)c2ccccc12. The number of ether oxygens (including phenoxy) is 1. The maximum absolute atomic E-state index is 12.2. The van der Waals surface area contributed by atoms with Crippen LogP contribution in [-0.4, -0.2) is 40.2 Å². The Morgan fingerprint density at radius 2 is 1.68 bits per heavy atom. The minimum atomic E-state index is -0.572. The van der Waals surface area contributed by atoms with Crippen LogP contribution in [0.3, 0.4) is 0 Å². The number of amides is 1. The molecule has 1 amide bonds. The maximum Gasteiger partial charge on any atom is 0.312 e. The van der Waals surface area contributed by atoms with Crippen molar-refractivity contribution in [3.63, 3.8) is 0 Å². The zero-order valence-corrected chi connectivity index (χ0v) is 15.8. The molecule has 28 heavy (non-hydrogen) atoms. The zero-order chi connectivity index (χ0) is 20.1. The van der Waals surface area contributed by atoms with Crippen molar-refractivity contribution >= 4 is 22.6 Å². The first-order chi connectivity index (χ1) is 13.5. The Hall–Kier alpha value is -3.48. The highest BCUT2D eigenvalue weighted by molar-refractivity contribution is 5.87. The monoisotopic (exact) mass is 379 g/mol. The van der Waals surface area contributed by atoms with Gasteiger partial charge in [0, 0.05) is 26.0 Å². The molecule has 0 fully saturated rings. The Morgan fingerprint density at radius 3 is 2.39 bits per heavy atom. The number of rotatable bonds is 6. The lowest BCUT2D eigenvalue weighted by Crippen LogP contribution is -2.31. The molecule has 1 aromatic heterocycles. The van der Waals surface area contributed by atoms with E-state index in [0.29, 0.717) is 23.0 Å². The number of nitrogens with zero attached hydrogens (tertiary/aromatic N) is 3. The maximum atomic E-state index is 12.2. The zero-order valence-electron chi connectivity index (χ0n) is 15.8. The molecule has 0 bridgehead atoms. The van der Waals surface area contributed by atoms with Crippen LogP contribution in [0, 0.1) is 0 Å². The molecule has 0 radical (unpaired) electrons. The minimum Gasteiger partial charge on any atom is -0.455 e. The Bertz CT molecular complexity index is 1060. The highest BCUT2D eigenvalue weighted by atomic mass is 16.5. The van der Waals surface area contributed by atoms with Crippen molar-refractivity contribution in [2.45, 2.75) is 13.0 Å². The van der Waals surface area contributed by atoms with E-state index in [1.165, 1.54) is 16.6 Å². The first kappa shape index (κ1) is 19.3. The van der Waals surface area contributed by atoms with Gasteiger partial charge in [-0.3, -0.25) is 14.4 Å². The molecule has 0 aliphatic carbocycles. The molecule has 144 valence electrons. The number of benzene rings is 2. The fourth-order valence-electron chi connectivity index (χ4n) is 2.89. The number of esters is 1. The van der Waals surface area contributed by atoms with Gasteiger partial charge in [0.05, 0.1) is 17.5 Å². The number of fused-ring (bicyclic) bond motifs is 1. The fourth-order valence-corrected chi connectivity index (χ4v) is 2.89. The molecule has 7 nitrogen and oxygen atoms in total. The number of aromatic nitrogens is 2. The van der Waals surface area contributed by atoms with E-state index in [1.807, 2.05) is 30.3 Å². The average molecular weight is 379 g/mol. The van der Waals surface area contributed by atoms with E-state index in [2.05, 4.69) is 5.10 Å². The second-order valence-corrected chi connectivity index (χ2v) is 6.49. The van der Waals surface area contributed by atoms with Crippen molar-refractivity contribution in [2.75, 3.05) is 13.7 Å². The van der Waals surface area contributed by atoms with Crippen LogP contribution in [0.4, 0.5) is 0 Å². The van der Waals surface area contributed by atoms with Crippen LogP contribution >= 0.6 is 0 Å². The van der Waals surface area contributed by atoms with Crippen molar-refractivity contribution in [1.29, 1.82) is 0 Å². The van der Waals surface area contributed by atoms with Gasteiger partial charge in [-0.2, -0.15) is 5.10 Å². The first-order valence-electron chi connectivity index (χ1n) is 8.84. The molecule has 0 N–H and O–H groups in total. The van der Waals surface area contributed by atoms with E-state index in [4.69, 9.17) is 4.74 Å². The van der Waals surface area contributed by atoms with Crippen molar-refractivity contribution in [1.82, 2.24) is 14.7 Å². The summed E-state index contributed by atoms with van der Waals surface area (Å²) < 4.78 is 6.33. The first-order valence-corrected chi connectivity index (χ1v) is 8.84. The predicted molar refractivity (Wildman–Crippen MR) is 105 cm³/mol. The highest BCUT2D eigenvalue weighted by Gasteiger charge is 2.16. The summed E-state index contributed by atoms with van der Waals surface area (Å²) in [5.41, 5.74) is 1.20. The standard InChI is InChI=1S/C21H21N3O4/c1-23(13-15-8-4-3-5-9-15)19(25)14-28-20(26)12-18-16-10-6-7-11-17(16)21(27)24(2)22-18/h3-11H,12-14H2,1-2H3. The molecule has 0 atom stereocenters. The second-order valence-electron chi connectivity index (χ2n) is 6.49. The van der Waals surface area contributed by atoms with Gasteiger partial charge in [0.15, 0.2) is 6.61 Å². The van der Waals surface area contributed by atoms with E-state index in [1.54, 1.807) is 31.3 Å². The normalized spacial score (nSPS) is 10.6. The van der Waals surface area contributed by atoms with Crippen LogP contribution < -0.4 is 5.56 Å². The third-order valence-electron chi connectivity index (χ3n) is 4.39. The van der Waals surface area contributed by atoms with Crippen LogP contribution in [0.25, 0.3) is 10.8 Å². The molecule has 0 spiro atoms. The summed E-state index contributed by atoms with van der Waals surface area (Å²) in [5.74, 6) is -0.867. The highest BCUT2D eigenvalue weighted by Crippen LogP contribution is 2.14. The summed E-state index contributed by atoms with van der Waals surface area (Å²) in [7, 11) is 3.19. The summed E-state index contributed by atoms with van der Waals surface area (Å²) in [6.45, 7) is 0.0933. The molecule has 0 aliphatic rings. The second kappa shape index (κ2) is 8.47. The van der Waals surface area contributed by atoms with Gasteiger partial charge >= 0.3 is 5.97 Å². The van der Waals surface area contributed by atoms with Gasteiger partial charge in [-0.25, -0.2) is 4.68 Å². The number of carbonyl (C=O) groups excluding carboxylic acids is 2. The molecule has 0 saturated heterocycles. The van der Waals surface area contributed by atoms with Crippen molar-refractivity contribution in [2.24, 2.45) is 7.05 Å². The topological polar surface area (TPSA) is 81.5 Å². The quantitative estimate of drug-likeness (QED) is 0.609. The Balaban J connectivity index is 1.62. The summed E-state index contributed by atoms with van der Waals surface area (Å²) in [4.78, 5) is 38.1. The van der Waals surface area contributed by atoms with E-state index >= 15 is 0 Å². The number of carbonyl (C=O) groups is 2. The Morgan fingerprint density at radius 1 is 1.04 bits per heavy atom. The van der Waals surface area contributed by atoms with E-state index in [9.17, 15) is 14.4 Å². The predicted octanol–water partition coefficient (Wildman–Crippen LogP) is 1.68. The van der Waals surface area contributed by atoms with Crippen LogP contribution in [0.2, 0.25) is 0 Å². The number of hydrogen-bond donors (Lipinski definition) is 0. The Labute approximate surface area is 162 Å². The summed E-state index contributed by atoms with van der Waals surface area (Å²) >= 11 is 0. The van der Waals surface area contributed by atoms with Gasteiger partial charge in [0.25, 0.3) is 11.5 Å². The smallest absolute Gasteiger partial charge is 0.312 e. The number of likely N-dealkylation sites (N-methyl/N-ethyl adjacent to an activating group) is 1. The Kier molecular flexibility index (Phi) is 5.84. The molecular weight excluding hydrogens is 358 g/mol. The van der Waals surface area contributed by atoms with Crippen molar-refractivity contribution in [3.05, 3.63) is 76.2 Å². The molecule has 1 heterocycles.